The minimum absolute atomic E-state index is 0.311. The summed E-state index contributed by atoms with van der Waals surface area (Å²) in [5.74, 6) is -0.339. The molecule has 122 valence electrons. The Bertz CT molecular complexity index is 856. The molecular formula is C18H18FN5. The summed E-state index contributed by atoms with van der Waals surface area (Å²) < 4.78 is 15.9. The number of rotatable bonds is 3. The predicted octanol–water partition coefficient (Wildman–Crippen LogP) is 2.80. The summed E-state index contributed by atoms with van der Waals surface area (Å²) in [5.41, 5.74) is 4.21. The first-order chi connectivity index (χ1) is 11.7. The molecule has 0 aromatic carbocycles. The van der Waals surface area contributed by atoms with E-state index in [4.69, 9.17) is 0 Å². The average Bonchev–Trinajstić information content (AvgIpc) is 3.00. The standard InChI is InChI=1S/C18H18FN5/c1-13-4-5-14(21-10-13)11-23-7-8-24-15(12-23)9-17(22-24)18-16(19)3-2-6-20-18/h2-6,9-10H,7-8,11-12H2,1H3. The third kappa shape index (κ3) is 2.92. The smallest absolute Gasteiger partial charge is 0.151 e. The number of hydrogen-bond donors (Lipinski definition) is 0. The molecule has 0 aliphatic carbocycles. The minimum Gasteiger partial charge on any atom is -0.290 e. The number of aryl methyl sites for hydroxylation is 1. The maximum absolute atomic E-state index is 13.9. The fourth-order valence-electron chi connectivity index (χ4n) is 2.97. The van der Waals surface area contributed by atoms with Gasteiger partial charge < -0.3 is 0 Å². The summed E-state index contributed by atoms with van der Waals surface area (Å²) in [7, 11) is 0. The second kappa shape index (κ2) is 6.13. The third-order valence-corrected chi connectivity index (χ3v) is 4.24. The van der Waals surface area contributed by atoms with E-state index >= 15 is 0 Å². The molecule has 24 heavy (non-hydrogen) atoms. The van der Waals surface area contributed by atoms with Crippen LogP contribution in [0.2, 0.25) is 0 Å². The molecule has 0 bridgehead atoms. The second-order valence-electron chi connectivity index (χ2n) is 6.12. The van der Waals surface area contributed by atoms with E-state index in [0.717, 1.165) is 43.1 Å². The Kier molecular flexibility index (Phi) is 3.82. The van der Waals surface area contributed by atoms with Gasteiger partial charge in [-0.15, -0.1) is 0 Å². The van der Waals surface area contributed by atoms with Gasteiger partial charge in [0.2, 0.25) is 0 Å². The molecule has 0 fully saturated rings. The Morgan fingerprint density at radius 1 is 1.17 bits per heavy atom. The summed E-state index contributed by atoms with van der Waals surface area (Å²) in [6, 6.07) is 9.08. The first-order valence-electron chi connectivity index (χ1n) is 8.00. The number of fused-ring (bicyclic) bond motifs is 1. The number of nitrogens with zero attached hydrogens (tertiary/aromatic N) is 5. The molecule has 5 nitrogen and oxygen atoms in total. The van der Waals surface area contributed by atoms with Crippen LogP contribution in [-0.4, -0.2) is 31.2 Å². The van der Waals surface area contributed by atoms with Crippen molar-refractivity contribution in [2.24, 2.45) is 0 Å². The van der Waals surface area contributed by atoms with Crippen molar-refractivity contribution in [1.82, 2.24) is 24.6 Å². The van der Waals surface area contributed by atoms with Crippen molar-refractivity contribution in [2.45, 2.75) is 26.6 Å². The zero-order valence-electron chi connectivity index (χ0n) is 13.5. The molecule has 3 aromatic rings. The van der Waals surface area contributed by atoms with Gasteiger partial charge in [0.25, 0.3) is 0 Å². The van der Waals surface area contributed by atoms with Crippen molar-refractivity contribution in [3.05, 3.63) is 65.5 Å². The van der Waals surface area contributed by atoms with Crippen molar-refractivity contribution < 1.29 is 4.39 Å². The first-order valence-corrected chi connectivity index (χ1v) is 8.00. The summed E-state index contributed by atoms with van der Waals surface area (Å²) in [6.45, 7) is 5.30. The number of halogens is 1. The van der Waals surface area contributed by atoms with Crippen molar-refractivity contribution in [3.8, 4) is 11.4 Å². The molecule has 1 aliphatic heterocycles. The fourth-order valence-corrected chi connectivity index (χ4v) is 2.97. The Morgan fingerprint density at radius 3 is 2.88 bits per heavy atom. The van der Waals surface area contributed by atoms with Crippen molar-refractivity contribution in [2.75, 3.05) is 6.54 Å². The molecule has 0 unspecified atom stereocenters. The van der Waals surface area contributed by atoms with Crippen LogP contribution < -0.4 is 0 Å². The molecule has 0 saturated heterocycles. The van der Waals surface area contributed by atoms with Crippen molar-refractivity contribution in [1.29, 1.82) is 0 Å². The lowest BCUT2D eigenvalue weighted by atomic mass is 10.2. The highest BCUT2D eigenvalue weighted by Crippen LogP contribution is 2.23. The van der Waals surface area contributed by atoms with Gasteiger partial charge in [-0.1, -0.05) is 6.07 Å². The van der Waals surface area contributed by atoms with Crippen LogP contribution in [-0.2, 0) is 19.6 Å². The summed E-state index contributed by atoms with van der Waals surface area (Å²) in [6.07, 6.45) is 3.48. The zero-order chi connectivity index (χ0) is 16.5. The van der Waals surface area contributed by atoms with Gasteiger partial charge >= 0.3 is 0 Å². The second-order valence-corrected chi connectivity index (χ2v) is 6.12. The monoisotopic (exact) mass is 323 g/mol. The highest BCUT2D eigenvalue weighted by atomic mass is 19.1. The predicted molar refractivity (Wildman–Crippen MR) is 88.5 cm³/mol. The molecule has 6 heteroatoms. The maximum Gasteiger partial charge on any atom is 0.151 e. The molecule has 1 aliphatic rings. The molecule has 0 radical (unpaired) electrons. The molecular weight excluding hydrogens is 305 g/mol. The van der Waals surface area contributed by atoms with E-state index in [2.05, 4.69) is 32.1 Å². The fraction of sp³-hybridized carbons (Fsp3) is 0.278. The summed E-state index contributed by atoms with van der Waals surface area (Å²) >= 11 is 0. The van der Waals surface area contributed by atoms with Crippen LogP contribution in [0.15, 0.2) is 42.7 Å². The molecule has 0 amide bonds. The van der Waals surface area contributed by atoms with E-state index in [9.17, 15) is 4.39 Å². The van der Waals surface area contributed by atoms with Crippen LogP contribution in [0, 0.1) is 12.7 Å². The van der Waals surface area contributed by atoms with Gasteiger partial charge in [0, 0.05) is 32.0 Å². The molecule has 0 atom stereocenters. The highest BCUT2D eigenvalue weighted by molar-refractivity contribution is 5.55. The van der Waals surface area contributed by atoms with E-state index in [0.29, 0.717) is 11.4 Å². The first kappa shape index (κ1) is 15.0. The number of pyridine rings is 2. The topological polar surface area (TPSA) is 46.8 Å². The quantitative estimate of drug-likeness (QED) is 0.743. The van der Waals surface area contributed by atoms with E-state index in [1.54, 1.807) is 12.3 Å². The molecule has 0 N–H and O–H groups in total. The minimum atomic E-state index is -0.339. The SMILES string of the molecule is Cc1ccc(CN2CCn3nc(-c4ncccc4F)cc3C2)nc1. The van der Waals surface area contributed by atoms with E-state index in [1.807, 2.05) is 23.9 Å². The molecule has 4 heterocycles. The Balaban J connectivity index is 1.53. The Morgan fingerprint density at radius 2 is 2.08 bits per heavy atom. The van der Waals surface area contributed by atoms with Gasteiger partial charge in [0.05, 0.1) is 17.9 Å². The van der Waals surface area contributed by atoms with Crippen LogP contribution in [0.3, 0.4) is 0 Å². The van der Waals surface area contributed by atoms with Crippen LogP contribution in [0.1, 0.15) is 17.0 Å². The lowest BCUT2D eigenvalue weighted by molar-refractivity contribution is 0.203. The highest BCUT2D eigenvalue weighted by Gasteiger charge is 2.20. The van der Waals surface area contributed by atoms with E-state index in [-0.39, 0.29) is 5.82 Å². The Hall–Kier alpha value is -2.60. The third-order valence-electron chi connectivity index (χ3n) is 4.24. The normalized spacial score (nSPS) is 14.6. The van der Waals surface area contributed by atoms with Crippen LogP contribution >= 0.6 is 0 Å². The number of hydrogen-bond acceptors (Lipinski definition) is 4. The molecule has 4 rings (SSSR count). The molecule has 0 spiro atoms. The van der Waals surface area contributed by atoms with Gasteiger partial charge in [-0.25, -0.2) is 4.39 Å². The lowest BCUT2D eigenvalue weighted by Gasteiger charge is -2.27. The van der Waals surface area contributed by atoms with Crippen LogP contribution in [0.5, 0.6) is 0 Å². The van der Waals surface area contributed by atoms with Gasteiger partial charge in [0.1, 0.15) is 11.4 Å². The van der Waals surface area contributed by atoms with E-state index < -0.39 is 0 Å². The molecule has 0 saturated carbocycles. The number of aromatic nitrogens is 4. The van der Waals surface area contributed by atoms with E-state index in [1.165, 1.54) is 6.07 Å². The maximum atomic E-state index is 13.9. The van der Waals surface area contributed by atoms with Crippen LogP contribution in [0.4, 0.5) is 4.39 Å². The summed E-state index contributed by atoms with van der Waals surface area (Å²) in [4.78, 5) is 10.9. The average molecular weight is 323 g/mol. The molecule has 3 aromatic heterocycles. The van der Waals surface area contributed by atoms with Gasteiger partial charge in [-0.2, -0.15) is 5.10 Å². The zero-order valence-corrected chi connectivity index (χ0v) is 13.5. The van der Waals surface area contributed by atoms with Crippen molar-refractivity contribution >= 4 is 0 Å². The van der Waals surface area contributed by atoms with Crippen molar-refractivity contribution in [3.63, 3.8) is 0 Å². The van der Waals surface area contributed by atoms with Gasteiger partial charge in [-0.05, 0) is 36.8 Å². The lowest BCUT2D eigenvalue weighted by Crippen LogP contribution is -2.33. The van der Waals surface area contributed by atoms with Crippen LogP contribution in [0.25, 0.3) is 11.4 Å². The largest absolute Gasteiger partial charge is 0.290 e. The Labute approximate surface area is 139 Å². The van der Waals surface area contributed by atoms with Gasteiger partial charge in [0.15, 0.2) is 5.82 Å². The summed E-state index contributed by atoms with van der Waals surface area (Å²) in [5, 5.41) is 4.51. The van der Waals surface area contributed by atoms with Gasteiger partial charge in [-0.3, -0.25) is 19.5 Å².